The average Bonchev–Trinajstić information content (AvgIpc) is 3.27. The van der Waals surface area contributed by atoms with Gasteiger partial charge in [-0.25, -0.2) is 0 Å². The lowest BCUT2D eigenvalue weighted by molar-refractivity contribution is 0.0824. The lowest BCUT2D eigenvalue weighted by Gasteiger charge is -2.06. The van der Waals surface area contributed by atoms with Crippen LogP contribution in [0.2, 0.25) is 0 Å². The molecule has 0 fully saturated rings. The van der Waals surface area contributed by atoms with Gasteiger partial charge in [-0.2, -0.15) is 0 Å². The van der Waals surface area contributed by atoms with Gasteiger partial charge in [-0.05, 0) is 36.4 Å². The quantitative estimate of drug-likeness (QED) is 0.698. The number of furan rings is 1. The number of nitrogens with zero attached hydrogens (tertiary/aromatic N) is 1. The number of carbonyl (C=O) groups is 2. The van der Waals surface area contributed by atoms with Crippen LogP contribution < -0.4 is 15.6 Å². The van der Waals surface area contributed by atoms with Crippen LogP contribution in [0.3, 0.4) is 0 Å². The first kappa shape index (κ1) is 16.4. The van der Waals surface area contributed by atoms with Crippen molar-refractivity contribution in [2.24, 2.45) is 7.05 Å². The third-order valence-electron chi connectivity index (χ3n) is 3.48. The molecule has 2 amide bonds. The van der Waals surface area contributed by atoms with Crippen molar-refractivity contribution in [3.05, 3.63) is 78.0 Å². The summed E-state index contributed by atoms with van der Waals surface area (Å²) in [7, 11) is 1.74. The van der Waals surface area contributed by atoms with Crippen molar-refractivity contribution in [2.75, 3.05) is 0 Å². The summed E-state index contributed by atoms with van der Waals surface area (Å²) in [6, 6.07) is 15.8. The van der Waals surface area contributed by atoms with Gasteiger partial charge >= 0.3 is 5.91 Å². The van der Waals surface area contributed by atoms with Crippen molar-refractivity contribution < 1.29 is 18.7 Å². The number of aryl methyl sites for hydroxylation is 1. The van der Waals surface area contributed by atoms with Gasteiger partial charge in [-0.3, -0.25) is 20.4 Å². The largest absolute Gasteiger partial charge is 0.486 e. The zero-order valence-electron chi connectivity index (χ0n) is 13.6. The van der Waals surface area contributed by atoms with Gasteiger partial charge in [0.05, 0.1) is 0 Å². The molecule has 128 valence electrons. The van der Waals surface area contributed by atoms with E-state index in [9.17, 15) is 9.59 Å². The fourth-order valence-electron chi connectivity index (χ4n) is 2.18. The number of carbonyl (C=O) groups excluding carboxylic acids is 2. The molecule has 0 unspecified atom stereocenters. The molecule has 3 aromatic rings. The van der Waals surface area contributed by atoms with E-state index in [0.717, 1.165) is 0 Å². The number of hydrazine groups is 1. The highest BCUT2D eigenvalue weighted by atomic mass is 16.5. The second-order valence-corrected chi connectivity index (χ2v) is 5.28. The van der Waals surface area contributed by atoms with Crippen molar-refractivity contribution in [2.45, 2.75) is 6.61 Å². The SMILES string of the molecule is Cn1cccc1C(=O)NNC(=O)c1ccc(COc2ccccc2)o1. The molecule has 0 saturated carbocycles. The predicted molar refractivity (Wildman–Crippen MR) is 89.8 cm³/mol. The van der Waals surface area contributed by atoms with E-state index in [-0.39, 0.29) is 12.4 Å². The van der Waals surface area contributed by atoms with Gasteiger partial charge < -0.3 is 13.7 Å². The molecule has 3 rings (SSSR count). The Balaban J connectivity index is 1.52. The number of ether oxygens (including phenoxy) is 1. The van der Waals surface area contributed by atoms with Gasteiger partial charge in [0.1, 0.15) is 23.8 Å². The van der Waals surface area contributed by atoms with Crippen LogP contribution in [0.1, 0.15) is 26.8 Å². The fraction of sp³-hybridized carbons (Fsp3) is 0.111. The number of nitrogens with one attached hydrogen (secondary N) is 2. The van der Waals surface area contributed by atoms with E-state index in [1.807, 2.05) is 30.3 Å². The number of rotatable bonds is 5. The average molecular weight is 339 g/mol. The van der Waals surface area contributed by atoms with E-state index >= 15 is 0 Å². The van der Waals surface area contributed by atoms with E-state index in [1.165, 1.54) is 6.07 Å². The molecule has 0 spiro atoms. The van der Waals surface area contributed by atoms with Crippen LogP contribution in [0, 0.1) is 0 Å². The Morgan fingerprint density at radius 1 is 1.00 bits per heavy atom. The smallest absolute Gasteiger partial charge is 0.305 e. The summed E-state index contributed by atoms with van der Waals surface area (Å²) < 4.78 is 12.6. The highest BCUT2D eigenvalue weighted by Crippen LogP contribution is 2.13. The molecular weight excluding hydrogens is 322 g/mol. The monoisotopic (exact) mass is 339 g/mol. The third kappa shape index (κ3) is 4.08. The zero-order valence-corrected chi connectivity index (χ0v) is 13.6. The van der Waals surface area contributed by atoms with Gasteiger partial charge in [0.25, 0.3) is 5.91 Å². The molecule has 1 aromatic carbocycles. The highest BCUT2D eigenvalue weighted by molar-refractivity contribution is 5.97. The zero-order chi connectivity index (χ0) is 17.6. The van der Waals surface area contributed by atoms with E-state index in [1.54, 1.807) is 36.0 Å². The molecule has 0 saturated heterocycles. The van der Waals surface area contributed by atoms with E-state index in [0.29, 0.717) is 17.2 Å². The fourth-order valence-corrected chi connectivity index (χ4v) is 2.18. The maximum absolute atomic E-state index is 12.0. The Kier molecular flexibility index (Phi) is 4.84. The van der Waals surface area contributed by atoms with Crippen LogP contribution in [-0.2, 0) is 13.7 Å². The van der Waals surface area contributed by atoms with E-state index < -0.39 is 11.8 Å². The number of hydrogen-bond acceptors (Lipinski definition) is 4. The van der Waals surface area contributed by atoms with Crippen LogP contribution in [-0.4, -0.2) is 16.4 Å². The summed E-state index contributed by atoms with van der Waals surface area (Å²) >= 11 is 0. The van der Waals surface area contributed by atoms with E-state index in [4.69, 9.17) is 9.15 Å². The van der Waals surface area contributed by atoms with Crippen LogP contribution in [0.15, 0.2) is 65.2 Å². The molecule has 0 aliphatic rings. The minimum atomic E-state index is -0.548. The molecule has 2 N–H and O–H groups in total. The van der Waals surface area contributed by atoms with Gasteiger partial charge in [0.15, 0.2) is 5.76 Å². The van der Waals surface area contributed by atoms with Crippen LogP contribution >= 0.6 is 0 Å². The van der Waals surface area contributed by atoms with Crippen molar-refractivity contribution >= 4 is 11.8 Å². The normalized spacial score (nSPS) is 10.3. The number of para-hydroxylation sites is 1. The lowest BCUT2D eigenvalue weighted by atomic mass is 10.3. The number of amides is 2. The van der Waals surface area contributed by atoms with E-state index in [2.05, 4.69) is 10.9 Å². The summed E-state index contributed by atoms with van der Waals surface area (Å²) in [5.41, 5.74) is 5.08. The van der Waals surface area contributed by atoms with Gasteiger partial charge in [-0.15, -0.1) is 0 Å². The third-order valence-corrected chi connectivity index (χ3v) is 3.48. The number of aromatic nitrogens is 1. The van der Waals surface area contributed by atoms with Gasteiger partial charge in [0.2, 0.25) is 0 Å². The summed E-state index contributed by atoms with van der Waals surface area (Å²) in [6.45, 7) is 0.201. The molecule has 0 aliphatic heterocycles. The predicted octanol–water partition coefficient (Wildman–Crippen LogP) is 2.27. The number of hydrogen-bond donors (Lipinski definition) is 2. The molecule has 7 heteroatoms. The second-order valence-electron chi connectivity index (χ2n) is 5.28. The van der Waals surface area contributed by atoms with Crippen molar-refractivity contribution in [1.29, 1.82) is 0 Å². The Hall–Kier alpha value is -3.48. The Labute approximate surface area is 144 Å². The molecule has 7 nitrogen and oxygen atoms in total. The molecule has 0 bridgehead atoms. The maximum atomic E-state index is 12.0. The first-order chi connectivity index (χ1) is 12.1. The summed E-state index contributed by atoms with van der Waals surface area (Å²) in [5.74, 6) is 0.329. The summed E-state index contributed by atoms with van der Waals surface area (Å²) in [5, 5.41) is 0. The Bertz CT molecular complexity index is 867. The van der Waals surface area contributed by atoms with Gasteiger partial charge in [-0.1, -0.05) is 18.2 Å². The van der Waals surface area contributed by atoms with Crippen LogP contribution in [0.5, 0.6) is 5.75 Å². The first-order valence-corrected chi connectivity index (χ1v) is 7.62. The molecule has 25 heavy (non-hydrogen) atoms. The minimum absolute atomic E-state index is 0.0823. The number of benzene rings is 1. The molecular formula is C18H17N3O4. The molecule has 0 atom stereocenters. The second kappa shape index (κ2) is 7.39. The van der Waals surface area contributed by atoms with Crippen molar-refractivity contribution in [1.82, 2.24) is 15.4 Å². The molecule has 2 heterocycles. The first-order valence-electron chi connectivity index (χ1n) is 7.62. The molecule has 0 radical (unpaired) electrons. The summed E-state index contributed by atoms with van der Waals surface area (Å²) in [6.07, 6.45) is 1.74. The Morgan fingerprint density at radius 2 is 1.76 bits per heavy atom. The van der Waals surface area contributed by atoms with Crippen LogP contribution in [0.25, 0.3) is 0 Å². The van der Waals surface area contributed by atoms with Crippen molar-refractivity contribution in [3.8, 4) is 5.75 Å². The lowest BCUT2D eigenvalue weighted by Crippen LogP contribution is -2.42. The highest BCUT2D eigenvalue weighted by Gasteiger charge is 2.14. The topological polar surface area (TPSA) is 85.5 Å². The standard InChI is InChI=1S/C18H17N3O4/c1-21-11-5-8-15(21)17(22)19-20-18(23)16-10-9-14(25-16)12-24-13-6-3-2-4-7-13/h2-11H,12H2,1H3,(H,19,22)(H,20,23). The molecule has 0 aliphatic carbocycles. The Morgan fingerprint density at radius 3 is 2.48 bits per heavy atom. The maximum Gasteiger partial charge on any atom is 0.305 e. The van der Waals surface area contributed by atoms with Crippen LogP contribution in [0.4, 0.5) is 0 Å². The van der Waals surface area contributed by atoms with Gasteiger partial charge in [0, 0.05) is 13.2 Å². The minimum Gasteiger partial charge on any atom is -0.486 e. The summed E-state index contributed by atoms with van der Waals surface area (Å²) in [4.78, 5) is 24.0. The van der Waals surface area contributed by atoms with Crippen molar-refractivity contribution in [3.63, 3.8) is 0 Å². The molecule has 2 aromatic heterocycles.